The number of amides is 2. The first-order valence-electron chi connectivity index (χ1n) is 7.66. The van der Waals surface area contributed by atoms with Crippen molar-refractivity contribution in [2.45, 2.75) is 13.3 Å². The molecule has 1 aromatic carbocycles. The first kappa shape index (κ1) is 18.0. The van der Waals surface area contributed by atoms with Crippen LogP contribution in [0.1, 0.15) is 32.1 Å². The predicted molar refractivity (Wildman–Crippen MR) is 94.6 cm³/mol. The van der Waals surface area contributed by atoms with Crippen LogP contribution in [0, 0.1) is 0 Å². The van der Waals surface area contributed by atoms with Gasteiger partial charge in [-0.1, -0.05) is 24.3 Å². The molecule has 0 aliphatic heterocycles. The highest BCUT2D eigenvalue weighted by atomic mass is 32.1. The summed E-state index contributed by atoms with van der Waals surface area (Å²) in [7, 11) is 3.89. The lowest BCUT2D eigenvalue weighted by Crippen LogP contribution is -2.31. The van der Waals surface area contributed by atoms with Gasteiger partial charge >= 0.3 is 0 Å². The van der Waals surface area contributed by atoms with Crippen LogP contribution in [0.3, 0.4) is 0 Å². The van der Waals surface area contributed by atoms with Crippen LogP contribution in [0.2, 0.25) is 0 Å². The number of likely N-dealkylation sites (N-methyl/N-ethyl adjacent to an activating group) is 1. The van der Waals surface area contributed by atoms with Gasteiger partial charge in [-0.2, -0.15) is 0 Å². The van der Waals surface area contributed by atoms with E-state index in [-0.39, 0.29) is 11.8 Å². The van der Waals surface area contributed by atoms with Crippen LogP contribution in [0.25, 0.3) is 0 Å². The molecule has 0 aliphatic carbocycles. The minimum atomic E-state index is -0.322. The molecule has 2 amide bonds. The number of aromatic nitrogens is 2. The van der Waals surface area contributed by atoms with Crippen LogP contribution in [0.15, 0.2) is 24.3 Å². The SMILES string of the molecule is CCc1nnc(C(=O)Nc2cccc(C(=O)NCCN(C)C)c2)s1. The van der Waals surface area contributed by atoms with E-state index in [0.717, 1.165) is 18.0 Å². The first-order valence-corrected chi connectivity index (χ1v) is 8.48. The van der Waals surface area contributed by atoms with Crippen molar-refractivity contribution in [1.29, 1.82) is 0 Å². The van der Waals surface area contributed by atoms with Gasteiger partial charge in [-0.25, -0.2) is 0 Å². The van der Waals surface area contributed by atoms with E-state index in [1.807, 2.05) is 25.9 Å². The monoisotopic (exact) mass is 347 g/mol. The van der Waals surface area contributed by atoms with Gasteiger partial charge in [0.15, 0.2) is 0 Å². The number of nitrogens with one attached hydrogen (secondary N) is 2. The van der Waals surface area contributed by atoms with Crippen LogP contribution in [-0.4, -0.2) is 54.1 Å². The standard InChI is InChI=1S/C16H21N5O2S/c1-4-13-19-20-16(24-13)15(23)18-12-7-5-6-11(10-12)14(22)17-8-9-21(2)3/h5-7,10H,4,8-9H2,1-3H3,(H,17,22)(H,18,23). The minimum Gasteiger partial charge on any atom is -0.351 e. The molecule has 0 fully saturated rings. The number of benzene rings is 1. The summed E-state index contributed by atoms with van der Waals surface area (Å²) in [5.41, 5.74) is 1.05. The zero-order valence-corrected chi connectivity index (χ0v) is 14.8. The first-order chi connectivity index (χ1) is 11.5. The molecule has 24 heavy (non-hydrogen) atoms. The highest BCUT2D eigenvalue weighted by molar-refractivity contribution is 7.13. The van der Waals surface area contributed by atoms with E-state index < -0.39 is 0 Å². The molecule has 0 aliphatic rings. The molecule has 0 saturated heterocycles. The van der Waals surface area contributed by atoms with E-state index >= 15 is 0 Å². The average molecular weight is 347 g/mol. The molecule has 8 heteroatoms. The molecule has 7 nitrogen and oxygen atoms in total. The summed E-state index contributed by atoms with van der Waals surface area (Å²) in [6.07, 6.45) is 0.744. The second-order valence-corrected chi connectivity index (χ2v) is 6.51. The largest absolute Gasteiger partial charge is 0.351 e. The summed E-state index contributed by atoms with van der Waals surface area (Å²) < 4.78 is 0. The Kier molecular flexibility index (Phi) is 6.39. The Morgan fingerprint density at radius 2 is 2.00 bits per heavy atom. The Bertz CT molecular complexity index is 714. The van der Waals surface area contributed by atoms with Gasteiger partial charge in [0.05, 0.1) is 0 Å². The molecule has 2 N–H and O–H groups in total. The van der Waals surface area contributed by atoms with E-state index in [1.54, 1.807) is 24.3 Å². The lowest BCUT2D eigenvalue weighted by atomic mass is 10.2. The molecule has 0 atom stereocenters. The van der Waals surface area contributed by atoms with E-state index in [9.17, 15) is 9.59 Å². The number of rotatable bonds is 7. The van der Waals surface area contributed by atoms with Crippen LogP contribution in [-0.2, 0) is 6.42 Å². The molecule has 2 aromatic rings. The highest BCUT2D eigenvalue weighted by Crippen LogP contribution is 2.15. The third-order valence-electron chi connectivity index (χ3n) is 3.19. The Morgan fingerprint density at radius 3 is 2.67 bits per heavy atom. The minimum absolute atomic E-state index is 0.169. The number of hydrogen-bond donors (Lipinski definition) is 2. The lowest BCUT2D eigenvalue weighted by molar-refractivity contribution is 0.0949. The molecular weight excluding hydrogens is 326 g/mol. The number of aryl methyl sites for hydroxylation is 1. The summed E-state index contributed by atoms with van der Waals surface area (Å²) in [6, 6.07) is 6.82. The molecule has 128 valence electrons. The maximum atomic E-state index is 12.2. The van der Waals surface area contributed by atoms with Gasteiger partial charge in [0.1, 0.15) is 5.01 Å². The van der Waals surface area contributed by atoms with Gasteiger partial charge in [-0.05, 0) is 38.7 Å². The van der Waals surface area contributed by atoms with Crippen molar-refractivity contribution in [3.8, 4) is 0 Å². The summed E-state index contributed by atoms with van der Waals surface area (Å²) in [4.78, 5) is 26.3. The summed E-state index contributed by atoms with van der Waals surface area (Å²) >= 11 is 1.27. The normalized spacial score (nSPS) is 10.7. The van der Waals surface area contributed by atoms with Crippen LogP contribution in [0.5, 0.6) is 0 Å². The topological polar surface area (TPSA) is 87.2 Å². The molecule has 2 rings (SSSR count). The molecule has 1 aromatic heterocycles. The lowest BCUT2D eigenvalue weighted by Gasteiger charge is -2.11. The molecule has 0 spiro atoms. The van der Waals surface area contributed by atoms with Crippen LogP contribution >= 0.6 is 11.3 Å². The van der Waals surface area contributed by atoms with Crippen molar-refractivity contribution >= 4 is 28.8 Å². The summed E-state index contributed by atoms with van der Waals surface area (Å²) in [5.74, 6) is -0.491. The van der Waals surface area contributed by atoms with Crippen molar-refractivity contribution < 1.29 is 9.59 Å². The van der Waals surface area contributed by atoms with Gasteiger partial charge in [0.25, 0.3) is 11.8 Å². The molecular formula is C16H21N5O2S. The number of carbonyl (C=O) groups excluding carboxylic acids is 2. The number of nitrogens with zero attached hydrogens (tertiary/aromatic N) is 3. The maximum absolute atomic E-state index is 12.2. The third-order valence-corrected chi connectivity index (χ3v) is 4.26. The van der Waals surface area contributed by atoms with Gasteiger partial charge in [0, 0.05) is 24.3 Å². The number of hydrogen-bond acceptors (Lipinski definition) is 6. The molecule has 0 unspecified atom stereocenters. The highest BCUT2D eigenvalue weighted by Gasteiger charge is 2.13. The third kappa shape index (κ3) is 5.10. The Morgan fingerprint density at radius 1 is 1.21 bits per heavy atom. The Hall–Kier alpha value is -2.32. The van der Waals surface area contributed by atoms with E-state index in [0.29, 0.717) is 22.8 Å². The van der Waals surface area contributed by atoms with E-state index in [2.05, 4.69) is 20.8 Å². The van der Waals surface area contributed by atoms with Crippen molar-refractivity contribution in [3.05, 3.63) is 39.8 Å². The van der Waals surface area contributed by atoms with Crippen LogP contribution in [0.4, 0.5) is 5.69 Å². The zero-order chi connectivity index (χ0) is 17.5. The second kappa shape index (κ2) is 8.51. The van der Waals surface area contributed by atoms with Crippen molar-refractivity contribution in [2.24, 2.45) is 0 Å². The average Bonchev–Trinajstić information content (AvgIpc) is 3.04. The second-order valence-electron chi connectivity index (χ2n) is 5.45. The smallest absolute Gasteiger partial charge is 0.286 e. The summed E-state index contributed by atoms with van der Waals surface area (Å²) in [6.45, 7) is 3.28. The molecule has 0 bridgehead atoms. The zero-order valence-electron chi connectivity index (χ0n) is 14.0. The summed E-state index contributed by atoms with van der Waals surface area (Å²) in [5, 5.41) is 14.5. The predicted octanol–water partition coefficient (Wildman–Crippen LogP) is 1.64. The number of carbonyl (C=O) groups is 2. The maximum Gasteiger partial charge on any atom is 0.286 e. The van der Waals surface area contributed by atoms with Crippen molar-refractivity contribution in [2.75, 3.05) is 32.5 Å². The fraction of sp³-hybridized carbons (Fsp3) is 0.375. The molecule has 0 saturated carbocycles. The number of anilines is 1. The van der Waals surface area contributed by atoms with Gasteiger partial charge < -0.3 is 15.5 Å². The van der Waals surface area contributed by atoms with Crippen molar-refractivity contribution in [1.82, 2.24) is 20.4 Å². The molecule has 1 heterocycles. The van der Waals surface area contributed by atoms with Gasteiger partial charge in [-0.3, -0.25) is 9.59 Å². The Balaban J connectivity index is 1.99. The van der Waals surface area contributed by atoms with E-state index in [4.69, 9.17) is 0 Å². The fourth-order valence-electron chi connectivity index (χ4n) is 1.91. The molecule has 0 radical (unpaired) electrons. The quantitative estimate of drug-likeness (QED) is 0.795. The van der Waals surface area contributed by atoms with Gasteiger partial charge in [0.2, 0.25) is 5.01 Å². The Labute approximate surface area is 145 Å². The fourth-order valence-corrected chi connectivity index (χ4v) is 2.58. The van der Waals surface area contributed by atoms with Gasteiger partial charge in [-0.15, -0.1) is 10.2 Å². The van der Waals surface area contributed by atoms with E-state index in [1.165, 1.54) is 11.3 Å². The van der Waals surface area contributed by atoms with Crippen LogP contribution < -0.4 is 10.6 Å². The van der Waals surface area contributed by atoms with Crippen molar-refractivity contribution in [3.63, 3.8) is 0 Å².